The van der Waals surface area contributed by atoms with Gasteiger partial charge in [0.15, 0.2) is 0 Å². The van der Waals surface area contributed by atoms with Gasteiger partial charge in [0, 0.05) is 0 Å². The molecule has 0 aliphatic carbocycles. The molecule has 0 spiro atoms. The fourth-order valence-corrected chi connectivity index (χ4v) is 22.4. The molecule has 40 heavy (non-hydrogen) atoms. The van der Waals surface area contributed by atoms with Gasteiger partial charge in [-0.3, -0.25) is 0 Å². The summed E-state index contributed by atoms with van der Waals surface area (Å²) < 4.78 is 16.5. The Labute approximate surface area is 243 Å². The fourth-order valence-electron chi connectivity index (χ4n) is 5.34. The number of hydrogen-bond donors (Lipinski definition) is 0. The molecule has 0 aliphatic heterocycles. The van der Waals surface area contributed by atoms with Crippen molar-refractivity contribution in [2.45, 2.75) is 0 Å². The van der Waals surface area contributed by atoms with Gasteiger partial charge in [-0.25, -0.2) is 0 Å². The molecule has 6 aromatic rings. The molecule has 0 N–H and O–H groups in total. The molecule has 192 valence electrons. The van der Waals surface area contributed by atoms with E-state index in [1.807, 2.05) is 0 Å². The Morgan fingerprint density at radius 1 is 0.225 bits per heavy atom. The van der Waals surface area contributed by atoms with E-state index in [0.29, 0.717) is 0 Å². The quantitative estimate of drug-likeness (QED) is 0.188. The molecule has 0 aromatic heterocycles. The molecule has 0 atom stereocenters. The number of benzene rings is 6. The van der Waals surface area contributed by atoms with Crippen LogP contribution in [0.25, 0.3) is 0 Å². The summed E-state index contributed by atoms with van der Waals surface area (Å²) in [6.45, 7) is 0. The molecule has 0 aliphatic rings. The van der Waals surface area contributed by atoms with Gasteiger partial charge in [0.05, 0.1) is 0 Å². The summed E-state index contributed by atoms with van der Waals surface area (Å²) >= 11 is -6.50. The summed E-state index contributed by atoms with van der Waals surface area (Å²) in [5.74, 6) is 0. The van der Waals surface area contributed by atoms with Crippen LogP contribution in [0.4, 0.5) is 0 Å². The zero-order chi connectivity index (χ0) is 27.1. The van der Waals surface area contributed by atoms with E-state index < -0.39 is 27.1 Å². The maximum atomic E-state index is 4.22. The molecular weight excluding hydrogens is 606 g/mol. The molecule has 0 heterocycles. The molecule has 0 saturated heterocycles. The van der Waals surface area contributed by atoms with Crippen LogP contribution in [-0.2, 0) is 0 Å². The Morgan fingerprint density at radius 3 is 0.525 bits per heavy atom. The SMILES string of the molecule is C(#C[As](c1ccccc1)(c1ccccc1)c1ccccc1)[As](c1ccccc1)(c1ccccc1)c1ccccc1. The molecule has 6 aromatic carbocycles. The summed E-state index contributed by atoms with van der Waals surface area (Å²) in [5, 5.41) is 0. The average molecular weight is 637 g/mol. The Kier molecular flexibility index (Phi) is 7.89. The zero-order valence-electron chi connectivity index (χ0n) is 22.2. The average Bonchev–Trinajstić information content (AvgIpc) is 3.06. The first-order chi connectivity index (χ1) is 19.8. The van der Waals surface area contributed by atoms with Crippen LogP contribution in [0.1, 0.15) is 0 Å². The van der Waals surface area contributed by atoms with Crippen LogP contribution in [0.3, 0.4) is 0 Å². The van der Waals surface area contributed by atoms with E-state index in [1.54, 1.807) is 0 Å². The molecule has 0 amide bonds. The van der Waals surface area contributed by atoms with Gasteiger partial charge in [0.25, 0.3) is 0 Å². The van der Waals surface area contributed by atoms with E-state index in [0.717, 1.165) is 0 Å². The third kappa shape index (κ3) is 4.89. The third-order valence-electron chi connectivity index (χ3n) is 7.25. The van der Waals surface area contributed by atoms with Crippen LogP contribution in [0, 0.1) is 9.42 Å². The standard InChI is InChI=1S/C38H30As2/c1-7-19-33(20-8-1)39(34-21-9-2-10-22-34,35-23-11-3-12-24-35)31-32-40(36-25-13-4-14-26-36,37-27-15-5-16-28-37)38-29-17-6-18-30-38/h1-30H. The topological polar surface area (TPSA) is 0 Å². The summed E-state index contributed by atoms with van der Waals surface area (Å²) in [5.41, 5.74) is 0. The van der Waals surface area contributed by atoms with Crippen molar-refractivity contribution in [2.24, 2.45) is 0 Å². The van der Waals surface area contributed by atoms with E-state index in [4.69, 9.17) is 0 Å². The van der Waals surface area contributed by atoms with Crippen LogP contribution in [0.5, 0.6) is 0 Å². The predicted octanol–water partition coefficient (Wildman–Crippen LogP) is 4.41. The third-order valence-corrected chi connectivity index (χ3v) is 23.5. The predicted molar refractivity (Wildman–Crippen MR) is 176 cm³/mol. The van der Waals surface area contributed by atoms with Crippen LogP contribution >= 0.6 is 0 Å². The Morgan fingerprint density at radius 2 is 0.375 bits per heavy atom. The van der Waals surface area contributed by atoms with Crippen molar-refractivity contribution in [3.8, 4) is 9.42 Å². The molecular formula is C38H30As2. The van der Waals surface area contributed by atoms with Crippen molar-refractivity contribution in [2.75, 3.05) is 0 Å². The van der Waals surface area contributed by atoms with Crippen molar-refractivity contribution >= 4 is 53.2 Å². The molecule has 0 fully saturated rings. The first-order valence-corrected chi connectivity index (χ1v) is 21.0. The molecule has 2 heteroatoms. The summed E-state index contributed by atoms with van der Waals surface area (Å²) in [6.07, 6.45) is 0. The second kappa shape index (κ2) is 12.0. The van der Waals surface area contributed by atoms with Crippen LogP contribution < -0.4 is 26.1 Å². The van der Waals surface area contributed by atoms with Crippen LogP contribution in [0.2, 0.25) is 0 Å². The first kappa shape index (κ1) is 26.2. The van der Waals surface area contributed by atoms with Crippen molar-refractivity contribution in [1.29, 1.82) is 0 Å². The Hall–Kier alpha value is -4.00. The van der Waals surface area contributed by atoms with Crippen molar-refractivity contribution in [1.82, 2.24) is 0 Å². The number of rotatable bonds is 6. The van der Waals surface area contributed by atoms with Crippen LogP contribution in [-0.4, -0.2) is 27.1 Å². The van der Waals surface area contributed by atoms with E-state index >= 15 is 0 Å². The molecule has 2 radical (unpaired) electrons. The van der Waals surface area contributed by atoms with Gasteiger partial charge in [-0.05, 0) is 0 Å². The monoisotopic (exact) mass is 636 g/mol. The summed E-state index contributed by atoms with van der Waals surface area (Å²) in [4.78, 5) is 0. The second-order valence-electron chi connectivity index (χ2n) is 9.58. The summed E-state index contributed by atoms with van der Waals surface area (Å²) in [6, 6.07) is 66.1. The van der Waals surface area contributed by atoms with Gasteiger partial charge in [0.2, 0.25) is 0 Å². The van der Waals surface area contributed by atoms with Crippen molar-refractivity contribution in [3.05, 3.63) is 182 Å². The fraction of sp³-hybridized carbons (Fsp3) is 0. The normalized spacial score (nSPS) is 11.3. The zero-order valence-corrected chi connectivity index (χ0v) is 26.0. The first-order valence-electron chi connectivity index (χ1n) is 13.5. The molecule has 0 saturated carbocycles. The van der Waals surface area contributed by atoms with Crippen molar-refractivity contribution in [3.63, 3.8) is 0 Å². The van der Waals surface area contributed by atoms with Gasteiger partial charge < -0.3 is 0 Å². The summed E-state index contributed by atoms with van der Waals surface area (Å²) in [7, 11) is 0. The van der Waals surface area contributed by atoms with E-state index in [2.05, 4.69) is 191 Å². The van der Waals surface area contributed by atoms with Gasteiger partial charge in [-0.15, -0.1) is 0 Å². The van der Waals surface area contributed by atoms with Gasteiger partial charge in [-0.1, -0.05) is 0 Å². The van der Waals surface area contributed by atoms with E-state index in [-0.39, 0.29) is 0 Å². The minimum absolute atomic E-state index is 1.34. The van der Waals surface area contributed by atoms with Crippen molar-refractivity contribution < 1.29 is 0 Å². The van der Waals surface area contributed by atoms with E-state index in [9.17, 15) is 0 Å². The molecule has 0 nitrogen and oxygen atoms in total. The van der Waals surface area contributed by atoms with Gasteiger partial charge in [-0.2, -0.15) is 0 Å². The van der Waals surface area contributed by atoms with Crippen LogP contribution in [0.15, 0.2) is 182 Å². The molecule has 6 rings (SSSR count). The molecule has 0 unspecified atom stereocenters. The number of hydrogen-bond acceptors (Lipinski definition) is 0. The van der Waals surface area contributed by atoms with Gasteiger partial charge >= 0.3 is 245 Å². The molecule has 0 bridgehead atoms. The minimum atomic E-state index is -3.25. The van der Waals surface area contributed by atoms with Gasteiger partial charge in [0.1, 0.15) is 0 Å². The maximum absolute atomic E-state index is 4.22. The van der Waals surface area contributed by atoms with E-state index in [1.165, 1.54) is 26.1 Å². The Balaban J connectivity index is 1.75. The Bertz CT molecular complexity index is 1380. The second-order valence-corrected chi connectivity index (χ2v) is 22.6.